The number of furan rings is 2. The van der Waals surface area contributed by atoms with Gasteiger partial charge < -0.3 is 18.6 Å². The molecule has 0 saturated heterocycles. The molecule has 0 aliphatic rings. The molecule has 12 aromatic rings. The standard InChI is InChI=1S/C64H56N2O2/c1-37(2)43-23-15-25-47-49-27-17-29-55(63(49)67-61(43)47)65(41-19-11-9-12-20-41)57-35-53(39(5)6)45-32-34-52-58(36-54(40(7)8)46-31-33-51(57)59(45)60(46)52)66(42-21-13-10-14-22-42)56-30-18-28-50-48-26-16-24-44(38(3)4)62(48)68-64(50)56/h9-40H,1-8H3. The first-order valence-corrected chi connectivity index (χ1v) is 24.5. The Morgan fingerprint density at radius 2 is 0.618 bits per heavy atom. The van der Waals surface area contributed by atoms with Crippen molar-refractivity contribution in [1.82, 2.24) is 0 Å². The highest BCUT2D eigenvalue weighted by atomic mass is 16.3. The fourth-order valence-corrected chi connectivity index (χ4v) is 11.2. The Morgan fingerprint density at radius 1 is 0.279 bits per heavy atom. The van der Waals surface area contributed by atoms with Gasteiger partial charge in [-0.2, -0.15) is 0 Å². The Balaban J connectivity index is 1.19. The number of hydrogen-bond donors (Lipinski definition) is 0. The first-order chi connectivity index (χ1) is 33.1. The first-order valence-electron chi connectivity index (χ1n) is 24.5. The summed E-state index contributed by atoms with van der Waals surface area (Å²) in [7, 11) is 0. The molecule has 0 unspecified atom stereocenters. The van der Waals surface area contributed by atoms with Gasteiger partial charge in [0.15, 0.2) is 11.2 Å². The number of fused-ring (bicyclic) bond motifs is 6. The predicted octanol–water partition coefficient (Wildman–Crippen LogP) is 19.8. The van der Waals surface area contributed by atoms with Crippen molar-refractivity contribution in [3.63, 3.8) is 0 Å². The van der Waals surface area contributed by atoms with E-state index in [4.69, 9.17) is 8.83 Å². The van der Waals surface area contributed by atoms with Gasteiger partial charge in [-0.15, -0.1) is 0 Å². The fraction of sp³-hybridized carbons (Fsp3) is 0.188. The van der Waals surface area contributed by atoms with Crippen molar-refractivity contribution < 1.29 is 8.83 Å². The summed E-state index contributed by atoms with van der Waals surface area (Å²) in [5.74, 6) is 1.14. The maximum absolute atomic E-state index is 7.08. The molecule has 68 heavy (non-hydrogen) atoms. The number of benzene rings is 10. The van der Waals surface area contributed by atoms with Gasteiger partial charge >= 0.3 is 0 Å². The minimum atomic E-state index is 0.248. The van der Waals surface area contributed by atoms with Gasteiger partial charge in [-0.25, -0.2) is 0 Å². The van der Waals surface area contributed by atoms with Crippen LogP contribution in [-0.2, 0) is 0 Å². The highest BCUT2D eigenvalue weighted by Gasteiger charge is 2.29. The third kappa shape index (κ3) is 6.34. The summed E-state index contributed by atoms with van der Waals surface area (Å²) in [5, 5.41) is 12.1. The molecule has 4 nitrogen and oxygen atoms in total. The van der Waals surface area contributed by atoms with Crippen LogP contribution in [0.25, 0.3) is 76.2 Å². The van der Waals surface area contributed by atoms with Crippen LogP contribution in [0.2, 0.25) is 0 Å². The fourth-order valence-electron chi connectivity index (χ4n) is 11.2. The molecule has 2 aromatic heterocycles. The number of rotatable bonds is 10. The topological polar surface area (TPSA) is 32.8 Å². The molecule has 0 fully saturated rings. The van der Waals surface area contributed by atoms with E-state index >= 15 is 0 Å². The average molecular weight is 885 g/mol. The molecule has 0 amide bonds. The van der Waals surface area contributed by atoms with Gasteiger partial charge in [-0.1, -0.05) is 177 Å². The smallest absolute Gasteiger partial charge is 0.159 e. The summed E-state index contributed by atoms with van der Waals surface area (Å²) >= 11 is 0. The van der Waals surface area contributed by atoms with Gasteiger partial charge in [0.25, 0.3) is 0 Å². The van der Waals surface area contributed by atoms with Crippen molar-refractivity contribution in [2.45, 2.75) is 79.1 Å². The maximum atomic E-state index is 7.08. The summed E-state index contributed by atoms with van der Waals surface area (Å²) in [6.07, 6.45) is 0. The van der Waals surface area contributed by atoms with E-state index in [1.54, 1.807) is 0 Å². The van der Waals surface area contributed by atoms with Crippen LogP contribution in [0.15, 0.2) is 179 Å². The van der Waals surface area contributed by atoms with E-state index in [0.717, 1.165) is 78.0 Å². The van der Waals surface area contributed by atoms with Gasteiger partial charge in [0.2, 0.25) is 0 Å². The molecule has 10 aromatic carbocycles. The van der Waals surface area contributed by atoms with Gasteiger partial charge in [-0.05, 0) is 116 Å². The minimum absolute atomic E-state index is 0.248. The lowest BCUT2D eigenvalue weighted by molar-refractivity contribution is 0.657. The van der Waals surface area contributed by atoms with E-state index in [-0.39, 0.29) is 11.8 Å². The summed E-state index contributed by atoms with van der Waals surface area (Å²) in [4.78, 5) is 4.90. The second-order valence-corrected chi connectivity index (χ2v) is 20.0. The van der Waals surface area contributed by atoms with Crippen molar-refractivity contribution >= 4 is 110 Å². The monoisotopic (exact) mass is 884 g/mol. The van der Waals surface area contributed by atoms with Gasteiger partial charge in [0.05, 0.1) is 22.7 Å². The van der Waals surface area contributed by atoms with Gasteiger partial charge in [0, 0.05) is 43.7 Å². The van der Waals surface area contributed by atoms with Crippen molar-refractivity contribution in [2.75, 3.05) is 9.80 Å². The van der Waals surface area contributed by atoms with Gasteiger partial charge in [0.1, 0.15) is 11.2 Å². The van der Waals surface area contributed by atoms with E-state index < -0.39 is 0 Å². The number of anilines is 6. The SMILES string of the molecule is CC(C)c1cc(N(c2ccccc2)c2cccc3c2oc2c(C(C)C)cccc23)c2ccc3c(C(C)C)cc(N(c4ccccc4)c4cccc5c4oc4c(C(C)C)cccc45)c4ccc1c2c34. The van der Waals surface area contributed by atoms with Crippen LogP contribution in [-0.4, -0.2) is 0 Å². The molecule has 0 aliphatic heterocycles. The Bertz CT molecular complexity index is 3620. The molecular formula is C64H56N2O2. The third-order valence-corrected chi connectivity index (χ3v) is 14.5. The van der Waals surface area contributed by atoms with Crippen LogP contribution in [0.3, 0.4) is 0 Å². The van der Waals surface area contributed by atoms with Crippen LogP contribution < -0.4 is 9.80 Å². The highest BCUT2D eigenvalue weighted by molar-refractivity contribution is 6.30. The number of nitrogens with zero attached hydrogens (tertiary/aromatic N) is 2. The zero-order valence-corrected chi connectivity index (χ0v) is 40.2. The van der Waals surface area contributed by atoms with Crippen LogP contribution in [0.5, 0.6) is 0 Å². The normalized spacial score (nSPS) is 12.4. The molecule has 0 aliphatic carbocycles. The number of hydrogen-bond acceptors (Lipinski definition) is 4. The molecule has 0 spiro atoms. The molecular weight excluding hydrogens is 829 g/mol. The third-order valence-electron chi connectivity index (χ3n) is 14.5. The van der Waals surface area contributed by atoms with Crippen LogP contribution in [0.4, 0.5) is 34.1 Å². The Kier molecular flexibility index (Phi) is 9.88. The highest BCUT2D eigenvalue weighted by Crippen LogP contribution is 2.53. The molecule has 2 heterocycles. The van der Waals surface area contributed by atoms with E-state index in [1.807, 2.05) is 0 Å². The maximum Gasteiger partial charge on any atom is 0.159 e. The van der Waals surface area contributed by atoms with Crippen LogP contribution in [0.1, 0.15) is 101 Å². The van der Waals surface area contributed by atoms with E-state index in [2.05, 4.69) is 235 Å². The second-order valence-electron chi connectivity index (χ2n) is 20.0. The molecule has 4 heteroatoms. The van der Waals surface area contributed by atoms with Crippen LogP contribution >= 0.6 is 0 Å². The van der Waals surface area contributed by atoms with Crippen molar-refractivity contribution in [1.29, 1.82) is 0 Å². The molecule has 0 atom stereocenters. The molecule has 0 radical (unpaired) electrons. The minimum Gasteiger partial charge on any atom is -0.454 e. The lowest BCUT2D eigenvalue weighted by Gasteiger charge is -2.31. The van der Waals surface area contributed by atoms with Gasteiger partial charge in [-0.3, -0.25) is 0 Å². The molecule has 12 rings (SSSR count). The lowest BCUT2D eigenvalue weighted by Crippen LogP contribution is -2.13. The average Bonchev–Trinajstić information content (AvgIpc) is 3.94. The Hall–Kier alpha value is -7.56. The summed E-state index contributed by atoms with van der Waals surface area (Å²) in [5.41, 5.74) is 15.2. The van der Waals surface area contributed by atoms with Crippen LogP contribution in [0, 0.1) is 0 Å². The first kappa shape index (κ1) is 41.8. The quantitative estimate of drug-likeness (QED) is 0.128. The van der Waals surface area contributed by atoms with E-state index in [9.17, 15) is 0 Å². The van der Waals surface area contributed by atoms with E-state index in [0.29, 0.717) is 11.8 Å². The molecule has 0 saturated carbocycles. The van der Waals surface area contributed by atoms with E-state index in [1.165, 1.54) is 54.6 Å². The van der Waals surface area contributed by atoms with Crippen molar-refractivity contribution in [2.24, 2.45) is 0 Å². The van der Waals surface area contributed by atoms with Crippen molar-refractivity contribution in [3.05, 3.63) is 192 Å². The summed E-state index contributed by atoms with van der Waals surface area (Å²) in [6, 6.07) is 62.6. The molecule has 334 valence electrons. The predicted molar refractivity (Wildman–Crippen MR) is 290 cm³/mol. The zero-order chi connectivity index (χ0) is 46.5. The molecule has 0 N–H and O–H groups in total. The number of para-hydroxylation sites is 6. The largest absolute Gasteiger partial charge is 0.454 e. The Labute approximate surface area is 398 Å². The summed E-state index contributed by atoms with van der Waals surface area (Å²) in [6.45, 7) is 18.3. The zero-order valence-electron chi connectivity index (χ0n) is 40.2. The lowest BCUT2D eigenvalue weighted by atomic mass is 9.84. The Morgan fingerprint density at radius 3 is 0.985 bits per heavy atom. The second kappa shape index (κ2) is 16.1. The molecule has 0 bridgehead atoms. The van der Waals surface area contributed by atoms with Crippen molar-refractivity contribution in [3.8, 4) is 0 Å². The summed E-state index contributed by atoms with van der Waals surface area (Å²) < 4.78 is 14.2.